The van der Waals surface area contributed by atoms with E-state index in [9.17, 15) is 4.79 Å². The molecule has 6 heteroatoms. The van der Waals surface area contributed by atoms with Crippen LogP contribution in [-0.4, -0.2) is 28.8 Å². The SMILES string of the molecule is CN1C(=N)N[C@](C)(c2cc(C3CC=CS3)ccn2)CC1=O. The zero-order chi connectivity index (χ0) is 15.0. The highest BCUT2D eigenvalue weighted by molar-refractivity contribution is 8.02. The lowest BCUT2D eigenvalue weighted by Gasteiger charge is -2.39. The molecule has 3 rings (SSSR count). The molecule has 1 aromatic heterocycles. The molecule has 0 aromatic carbocycles. The first-order valence-electron chi connectivity index (χ1n) is 6.90. The van der Waals surface area contributed by atoms with Gasteiger partial charge in [0, 0.05) is 18.5 Å². The lowest BCUT2D eigenvalue weighted by atomic mass is 9.89. The summed E-state index contributed by atoms with van der Waals surface area (Å²) in [6.45, 7) is 1.93. The Labute approximate surface area is 128 Å². The van der Waals surface area contributed by atoms with E-state index < -0.39 is 5.54 Å². The molecule has 1 unspecified atom stereocenters. The molecule has 2 aliphatic heterocycles. The number of thioether (sulfide) groups is 1. The fraction of sp³-hybridized carbons (Fsp3) is 0.400. The summed E-state index contributed by atoms with van der Waals surface area (Å²) in [5.41, 5.74) is 1.42. The lowest BCUT2D eigenvalue weighted by Crippen LogP contribution is -2.58. The average Bonchev–Trinajstić information content (AvgIpc) is 2.99. The van der Waals surface area contributed by atoms with Crippen LogP contribution in [0.3, 0.4) is 0 Å². The topological polar surface area (TPSA) is 69.1 Å². The normalized spacial score (nSPS) is 28.9. The van der Waals surface area contributed by atoms with E-state index >= 15 is 0 Å². The second-order valence-electron chi connectivity index (χ2n) is 5.64. The predicted molar refractivity (Wildman–Crippen MR) is 83.9 cm³/mol. The molecule has 0 aliphatic carbocycles. The Morgan fingerprint density at radius 3 is 3.05 bits per heavy atom. The molecule has 3 heterocycles. The van der Waals surface area contributed by atoms with Gasteiger partial charge in [-0.05, 0) is 36.4 Å². The number of carbonyl (C=O) groups is 1. The van der Waals surface area contributed by atoms with Gasteiger partial charge >= 0.3 is 0 Å². The number of nitrogens with one attached hydrogen (secondary N) is 2. The van der Waals surface area contributed by atoms with Gasteiger partial charge in [0.05, 0.1) is 17.7 Å². The predicted octanol–water partition coefficient (Wildman–Crippen LogP) is 2.37. The first kappa shape index (κ1) is 14.1. The van der Waals surface area contributed by atoms with Crippen LogP contribution in [0.1, 0.15) is 36.3 Å². The maximum absolute atomic E-state index is 12.0. The van der Waals surface area contributed by atoms with Crippen molar-refractivity contribution < 1.29 is 4.79 Å². The number of guanidine groups is 1. The number of hydrogen-bond acceptors (Lipinski definition) is 4. The van der Waals surface area contributed by atoms with Gasteiger partial charge in [0.25, 0.3) is 0 Å². The lowest BCUT2D eigenvalue weighted by molar-refractivity contribution is -0.129. The fourth-order valence-electron chi connectivity index (χ4n) is 2.64. The third-order valence-corrected chi connectivity index (χ3v) is 5.16. The van der Waals surface area contributed by atoms with E-state index in [2.05, 4.69) is 27.9 Å². The minimum Gasteiger partial charge on any atom is -0.345 e. The molecule has 21 heavy (non-hydrogen) atoms. The summed E-state index contributed by atoms with van der Waals surface area (Å²) in [7, 11) is 1.61. The van der Waals surface area contributed by atoms with Crippen molar-refractivity contribution >= 4 is 23.6 Å². The van der Waals surface area contributed by atoms with Crippen LogP contribution >= 0.6 is 11.8 Å². The first-order valence-corrected chi connectivity index (χ1v) is 7.84. The summed E-state index contributed by atoms with van der Waals surface area (Å²) in [5, 5.41) is 13.6. The molecule has 2 N–H and O–H groups in total. The molecular formula is C15H18N4OS. The number of pyridine rings is 1. The number of rotatable bonds is 2. The summed E-state index contributed by atoms with van der Waals surface area (Å²) in [6.07, 6.45) is 5.29. The van der Waals surface area contributed by atoms with E-state index in [4.69, 9.17) is 5.41 Å². The monoisotopic (exact) mass is 302 g/mol. The van der Waals surface area contributed by atoms with Gasteiger partial charge in [-0.1, -0.05) is 6.08 Å². The van der Waals surface area contributed by atoms with E-state index in [1.807, 2.05) is 13.0 Å². The van der Waals surface area contributed by atoms with Gasteiger partial charge < -0.3 is 5.32 Å². The highest BCUT2D eigenvalue weighted by atomic mass is 32.2. The van der Waals surface area contributed by atoms with Crippen molar-refractivity contribution in [2.45, 2.75) is 30.6 Å². The van der Waals surface area contributed by atoms with Crippen LogP contribution in [0.25, 0.3) is 0 Å². The molecule has 0 saturated carbocycles. The summed E-state index contributed by atoms with van der Waals surface area (Å²) in [5.74, 6) is 0.0585. The second-order valence-corrected chi connectivity index (χ2v) is 6.76. The average molecular weight is 302 g/mol. The molecule has 0 spiro atoms. The van der Waals surface area contributed by atoms with Gasteiger partial charge in [-0.3, -0.25) is 20.1 Å². The van der Waals surface area contributed by atoms with Gasteiger partial charge in [0.2, 0.25) is 5.91 Å². The third-order valence-electron chi connectivity index (χ3n) is 4.02. The standard InChI is InChI=1S/C15H18N4OS/c1-15(9-13(20)19(2)14(16)18-15)12-8-10(5-6-17-12)11-4-3-7-21-11/h3,5-8,11H,4,9H2,1-2H3,(H2,16,18)/t11?,15-/m0/s1. The Bertz CT molecular complexity index is 602. The Hall–Kier alpha value is -1.82. The smallest absolute Gasteiger partial charge is 0.231 e. The highest BCUT2D eigenvalue weighted by Gasteiger charge is 2.39. The summed E-state index contributed by atoms with van der Waals surface area (Å²) in [6, 6.07) is 4.09. The number of allylic oxidation sites excluding steroid dienone is 1. The van der Waals surface area contributed by atoms with E-state index in [1.165, 1.54) is 10.5 Å². The van der Waals surface area contributed by atoms with Crippen LogP contribution in [0.15, 0.2) is 29.8 Å². The van der Waals surface area contributed by atoms with E-state index in [0.29, 0.717) is 11.7 Å². The van der Waals surface area contributed by atoms with E-state index in [0.717, 1.165) is 12.1 Å². The highest BCUT2D eigenvalue weighted by Crippen LogP contribution is 2.39. The Morgan fingerprint density at radius 1 is 1.57 bits per heavy atom. The Balaban J connectivity index is 1.90. The molecule has 1 aromatic rings. The number of amides is 1. The van der Waals surface area contributed by atoms with Crippen molar-refractivity contribution in [2.24, 2.45) is 0 Å². The van der Waals surface area contributed by atoms with Crippen molar-refractivity contribution in [2.75, 3.05) is 7.05 Å². The van der Waals surface area contributed by atoms with Crippen molar-refractivity contribution in [3.63, 3.8) is 0 Å². The van der Waals surface area contributed by atoms with Crippen molar-refractivity contribution in [1.82, 2.24) is 15.2 Å². The largest absolute Gasteiger partial charge is 0.345 e. The maximum atomic E-state index is 12.0. The van der Waals surface area contributed by atoms with Crippen LogP contribution in [0.4, 0.5) is 0 Å². The zero-order valence-electron chi connectivity index (χ0n) is 12.1. The fourth-order valence-corrected chi connectivity index (χ4v) is 3.58. The summed E-state index contributed by atoms with van der Waals surface area (Å²) < 4.78 is 0. The quantitative estimate of drug-likeness (QED) is 0.880. The molecule has 110 valence electrons. The van der Waals surface area contributed by atoms with Gasteiger partial charge in [-0.15, -0.1) is 11.8 Å². The number of hydrogen-bond donors (Lipinski definition) is 2. The number of carbonyl (C=O) groups excluding carboxylic acids is 1. The number of aromatic nitrogens is 1. The molecule has 2 atom stereocenters. The van der Waals surface area contributed by atoms with E-state index in [-0.39, 0.29) is 11.9 Å². The Morgan fingerprint density at radius 2 is 2.38 bits per heavy atom. The van der Waals surface area contributed by atoms with Crippen LogP contribution in [0.2, 0.25) is 0 Å². The van der Waals surface area contributed by atoms with Crippen molar-refractivity contribution in [3.8, 4) is 0 Å². The number of nitrogens with zero attached hydrogens (tertiary/aromatic N) is 2. The molecule has 1 amide bonds. The second kappa shape index (κ2) is 5.18. The molecule has 1 fully saturated rings. The van der Waals surface area contributed by atoms with E-state index in [1.54, 1.807) is 25.0 Å². The third kappa shape index (κ3) is 2.55. The van der Waals surface area contributed by atoms with Crippen LogP contribution < -0.4 is 5.32 Å². The minimum absolute atomic E-state index is 0.0645. The maximum Gasteiger partial charge on any atom is 0.231 e. The van der Waals surface area contributed by atoms with Crippen molar-refractivity contribution in [3.05, 3.63) is 41.1 Å². The van der Waals surface area contributed by atoms with Gasteiger partial charge in [-0.2, -0.15) is 0 Å². The zero-order valence-corrected chi connectivity index (χ0v) is 12.9. The Kier molecular flexibility index (Phi) is 3.49. The molecular weight excluding hydrogens is 284 g/mol. The van der Waals surface area contributed by atoms with Gasteiger partial charge in [0.1, 0.15) is 0 Å². The van der Waals surface area contributed by atoms with Crippen LogP contribution in [0.5, 0.6) is 0 Å². The molecule has 0 bridgehead atoms. The molecule has 0 radical (unpaired) electrons. The summed E-state index contributed by atoms with van der Waals surface area (Å²) in [4.78, 5) is 17.8. The van der Waals surface area contributed by atoms with Gasteiger partial charge in [-0.25, -0.2) is 0 Å². The van der Waals surface area contributed by atoms with Crippen molar-refractivity contribution in [1.29, 1.82) is 5.41 Å². The van der Waals surface area contributed by atoms with Crippen LogP contribution in [-0.2, 0) is 10.3 Å². The molecule has 5 nitrogen and oxygen atoms in total. The molecule has 1 saturated heterocycles. The van der Waals surface area contributed by atoms with Crippen LogP contribution in [0, 0.1) is 5.41 Å². The summed E-state index contributed by atoms with van der Waals surface area (Å²) >= 11 is 1.81. The minimum atomic E-state index is -0.618. The first-order chi connectivity index (χ1) is 9.99. The van der Waals surface area contributed by atoms with Gasteiger partial charge in [0.15, 0.2) is 5.96 Å². The molecule has 2 aliphatic rings.